The number of ether oxygens (including phenoxy) is 1. The summed E-state index contributed by atoms with van der Waals surface area (Å²) in [4.78, 5) is 12.1. The van der Waals surface area contributed by atoms with E-state index >= 15 is 0 Å². The van der Waals surface area contributed by atoms with Gasteiger partial charge in [0.1, 0.15) is 17.5 Å². The molecule has 7 heteroatoms. The first-order valence-electron chi connectivity index (χ1n) is 6.82. The second kappa shape index (κ2) is 5.65. The number of halogens is 4. The first kappa shape index (κ1) is 16.5. The van der Waals surface area contributed by atoms with Crippen LogP contribution in [0.25, 0.3) is 11.1 Å². The first-order valence-corrected chi connectivity index (χ1v) is 7.20. The standard InChI is InChI=1S/C17H10ClF3O3/c1-17(23)15(8-3-2-4-9(18)5-8)14(16(22)24-17)13-11(20)6-10(19)7-12(13)21/h2-7,23H,1H3. The number of aliphatic hydroxyl groups is 1. The van der Waals surface area contributed by atoms with Crippen LogP contribution in [0.1, 0.15) is 18.1 Å². The van der Waals surface area contributed by atoms with Crippen molar-refractivity contribution in [2.45, 2.75) is 12.7 Å². The lowest BCUT2D eigenvalue weighted by atomic mass is 9.91. The number of hydrogen-bond acceptors (Lipinski definition) is 3. The molecule has 1 N–H and O–H groups in total. The Morgan fingerprint density at radius 1 is 1.12 bits per heavy atom. The Hall–Kier alpha value is -2.31. The van der Waals surface area contributed by atoms with Crippen LogP contribution in [0.5, 0.6) is 0 Å². The van der Waals surface area contributed by atoms with Crippen LogP contribution in [-0.2, 0) is 9.53 Å². The van der Waals surface area contributed by atoms with E-state index in [1.165, 1.54) is 12.1 Å². The minimum atomic E-state index is -2.12. The molecule has 0 bridgehead atoms. The molecule has 124 valence electrons. The van der Waals surface area contributed by atoms with Crippen molar-refractivity contribution in [2.75, 3.05) is 0 Å². The second-order valence-electron chi connectivity index (χ2n) is 5.38. The van der Waals surface area contributed by atoms with Crippen molar-refractivity contribution >= 4 is 28.7 Å². The molecule has 2 aromatic carbocycles. The van der Waals surface area contributed by atoms with E-state index < -0.39 is 40.3 Å². The quantitative estimate of drug-likeness (QED) is 0.831. The summed E-state index contributed by atoms with van der Waals surface area (Å²) in [5.41, 5.74) is -1.19. The molecule has 0 spiro atoms. The highest BCUT2D eigenvalue weighted by Gasteiger charge is 2.45. The van der Waals surface area contributed by atoms with E-state index in [1.807, 2.05) is 0 Å². The average molecular weight is 355 g/mol. The fourth-order valence-electron chi connectivity index (χ4n) is 2.68. The fourth-order valence-corrected chi connectivity index (χ4v) is 2.87. The maximum Gasteiger partial charge on any atom is 0.342 e. The lowest BCUT2D eigenvalue weighted by Gasteiger charge is -2.20. The highest BCUT2D eigenvalue weighted by Crippen LogP contribution is 2.44. The average Bonchev–Trinajstić information content (AvgIpc) is 2.67. The van der Waals surface area contributed by atoms with E-state index in [9.17, 15) is 23.1 Å². The van der Waals surface area contributed by atoms with Gasteiger partial charge < -0.3 is 9.84 Å². The number of carbonyl (C=O) groups excluding carboxylic acids is 1. The van der Waals surface area contributed by atoms with Crippen molar-refractivity contribution in [2.24, 2.45) is 0 Å². The molecule has 0 saturated heterocycles. The molecule has 3 rings (SSSR count). The predicted molar refractivity (Wildman–Crippen MR) is 81.3 cm³/mol. The van der Waals surface area contributed by atoms with Crippen LogP contribution < -0.4 is 0 Å². The van der Waals surface area contributed by atoms with Gasteiger partial charge in [-0.1, -0.05) is 23.7 Å². The van der Waals surface area contributed by atoms with Gasteiger partial charge in [0.2, 0.25) is 5.79 Å². The monoisotopic (exact) mass is 354 g/mol. The number of esters is 1. The van der Waals surface area contributed by atoms with Gasteiger partial charge >= 0.3 is 5.97 Å². The lowest BCUT2D eigenvalue weighted by Crippen LogP contribution is -2.26. The van der Waals surface area contributed by atoms with Crippen molar-refractivity contribution in [1.29, 1.82) is 0 Å². The third-order valence-electron chi connectivity index (χ3n) is 3.58. The highest BCUT2D eigenvalue weighted by atomic mass is 35.5. The number of cyclic esters (lactones) is 1. The molecule has 0 aliphatic carbocycles. The summed E-state index contributed by atoms with van der Waals surface area (Å²) >= 11 is 5.90. The zero-order valence-corrected chi connectivity index (χ0v) is 13.0. The van der Waals surface area contributed by atoms with Gasteiger partial charge in [0, 0.05) is 29.7 Å². The molecule has 0 fully saturated rings. The fraction of sp³-hybridized carbons (Fsp3) is 0.118. The number of rotatable bonds is 2. The zero-order chi connectivity index (χ0) is 17.6. The maximum atomic E-state index is 14.1. The molecule has 1 unspecified atom stereocenters. The van der Waals surface area contributed by atoms with Gasteiger partial charge in [-0.3, -0.25) is 0 Å². The van der Waals surface area contributed by atoms with Crippen molar-refractivity contribution in [3.63, 3.8) is 0 Å². The van der Waals surface area contributed by atoms with Crippen LogP contribution in [0.3, 0.4) is 0 Å². The largest absolute Gasteiger partial charge is 0.425 e. The second-order valence-corrected chi connectivity index (χ2v) is 5.81. The smallest absolute Gasteiger partial charge is 0.342 e. The minimum Gasteiger partial charge on any atom is -0.425 e. The van der Waals surface area contributed by atoms with Crippen molar-refractivity contribution in [1.82, 2.24) is 0 Å². The maximum absolute atomic E-state index is 14.1. The summed E-state index contributed by atoms with van der Waals surface area (Å²) in [6.45, 7) is 1.16. The molecule has 1 aliphatic heterocycles. The van der Waals surface area contributed by atoms with Crippen LogP contribution in [0.2, 0.25) is 5.02 Å². The van der Waals surface area contributed by atoms with E-state index in [4.69, 9.17) is 16.3 Å². The normalized spacial score (nSPS) is 20.5. The molecule has 0 amide bonds. The van der Waals surface area contributed by atoms with E-state index in [-0.39, 0.29) is 16.2 Å². The van der Waals surface area contributed by atoms with E-state index in [0.29, 0.717) is 12.1 Å². The summed E-state index contributed by atoms with van der Waals surface area (Å²) in [7, 11) is 0. The first-order chi connectivity index (χ1) is 11.2. The van der Waals surface area contributed by atoms with Crippen LogP contribution in [0, 0.1) is 17.5 Å². The van der Waals surface area contributed by atoms with Crippen molar-refractivity contribution in [3.05, 3.63) is 70.0 Å². The van der Waals surface area contributed by atoms with Gasteiger partial charge in [-0.2, -0.15) is 0 Å². The molecule has 24 heavy (non-hydrogen) atoms. The molecule has 0 aromatic heterocycles. The molecule has 0 saturated carbocycles. The van der Waals surface area contributed by atoms with Crippen LogP contribution >= 0.6 is 11.6 Å². The van der Waals surface area contributed by atoms with Gasteiger partial charge in [-0.15, -0.1) is 0 Å². The Morgan fingerprint density at radius 3 is 2.33 bits per heavy atom. The topological polar surface area (TPSA) is 46.5 Å². The molecule has 2 aromatic rings. The third kappa shape index (κ3) is 2.68. The Bertz CT molecular complexity index is 867. The number of benzene rings is 2. The Balaban J connectivity index is 2.37. The van der Waals surface area contributed by atoms with Crippen LogP contribution in [-0.4, -0.2) is 16.9 Å². The van der Waals surface area contributed by atoms with Gasteiger partial charge in [-0.25, -0.2) is 18.0 Å². The summed E-state index contributed by atoms with van der Waals surface area (Å²) < 4.78 is 46.2. The highest BCUT2D eigenvalue weighted by molar-refractivity contribution is 6.31. The Labute approximate surface area is 139 Å². The van der Waals surface area contributed by atoms with Crippen molar-refractivity contribution < 1.29 is 27.8 Å². The predicted octanol–water partition coefficient (Wildman–Crippen LogP) is 3.93. The van der Waals surface area contributed by atoms with E-state index in [1.54, 1.807) is 12.1 Å². The third-order valence-corrected chi connectivity index (χ3v) is 3.81. The molecule has 1 aliphatic rings. The molecular weight excluding hydrogens is 345 g/mol. The summed E-state index contributed by atoms with van der Waals surface area (Å²) in [6.07, 6.45) is 0. The zero-order valence-electron chi connectivity index (χ0n) is 12.2. The molecule has 0 radical (unpaired) electrons. The van der Waals surface area contributed by atoms with Gasteiger partial charge in [0.15, 0.2) is 0 Å². The lowest BCUT2D eigenvalue weighted by molar-refractivity contribution is -0.169. The summed E-state index contributed by atoms with van der Waals surface area (Å²) in [6, 6.07) is 6.89. The molecule has 3 nitrogen and oxygen atoms in total. The Morgan fingerprint density at radius 2 is 1.75 bits per heavy atom. The summed E-state index contributed by atoms with van der Waals surface area (Å²) in [5, 5.41) is 10.7. The number of carbonyl (C=O) groups is 1. The van der Waals surface area contributed by atoms with E-state index in [0.717, 1.165) is 6.92 Å². The van der Waals surface area contributed by atoms with Gasteiger partial charge in [0.25, 0.3) is 0 Å². The molecule has 1 atom stereocenters. The minimum absolute atomic E-state index is 0.153. The van der Waals surface area contributed by atoms with E-state index in [2.05, 4.69) is 0 Å². The van der Waals surface area contributed by atoms with Crippen LogP contribution in [0.4, 0.5) is 13.2 Å². The summed E-state index contributed by atoms with van der Waals surface area (Å²) in [5.74, 6) is -6.94. The molecule has 1 heterocycles. The SMILES string of the molecule is CC1(O)OC(=O)C(c2c(F)cc(F)cc2F)=C1c1cccc(Cl)c1. The molecular formula is C17H10ClF3O3. The number of hydrogen-bond donors (Lipinski definition) is 1. The van der Waals surface area contributed by atoms with Crippen LogP contribution in [0.15, 0.2) is 36.4 Å². The van der Waals surface area contributed by atoms with Gasteiger partial charge in [-0.05, 0) is 17.7 Å². The van der Waals surface area contributed by atoms with Crippen molar-refractivity contribution in [3.8, 4) is 0 Å². The Kier molecular flexibility index (Phi) is 3.89. The van der Waals surface area contributed by atoms with Gasteiger partial charge in [0.05, 0.1) is 11.1 Å².